The minimum atomic E-state index is -0.710. The van der Waals surface area contributed by atoms with E-state index < -0.39 is 11.9 Å². The highest BCUT2D eigenvalue weighted by Crippen LogP contribution is 2.31. The van der Waals surface area contributed by atoms with Gasteiger partial charge in [-0.1, -0.05) is 48.2 Å². The van der Waals surface area contributed by atoms with Gasteiger partial charge in [0.15, 0.2) is 0 Å². The van der Waals surface area contributed by atoms with E-state index in [0.717, 1.165) is 5.56 Å². The van der Waals surface area contributed by atoms with E-state index in [1.807, 2.05) is 37.4 Å². The van der Waals surface area contributed by atoms with Crippen molar-refractivity contribution >= 4 is 33.6 Å². The van der Waals surface area contributed by atoms with Crippen molar-refractivity contribution in [3.63, 3.8) is 0 Å². The molecule has 0 saturated heterocycles. The zero-order chi connectivity index (χ0) is 28.5. The summed E-state index contributed by atoms with van der Waals surface area (Å²) in [5.74, 6) is 6.05. The van der Waals surface area contributed by atoms with Crippen LogP contribution in [0.2, 0.25) is 0 Å². The summed E-state index contributed by atoms with van der Waals surface area (Å²) < 4.78 is 8.04. The number of fused-ring (bicyclic) bond motifs is 2. The zero-order valence-electron chi connectivity index (χ0n) is 22.3. The van der Waals surface area contributed by atoms with Crippen molar-refractivity contribution in [1.82, 2.24) is 25.1 Å². The number of nitrogens with two attached hydrogens (primary N) is 1. The Bertz CT molecular complexity index is 2070. The Morgan fingerprint density at radius 3 is 2.63 bits per heavy atom. The van der Waals surface area contributed by atoms with Gasteiger partial charge in [-0.2, -0.15) is 5.10 Å². The fourth-order valence-corrected chi connectivity index (χ4v) is 4.78. The van der Waals surface area contributed by atoms with E-state index in [1.165, 1.54) is 0 Å². The number of aryl methyl sites for hydroxylation is 1. The first-order valence-electron chi connectivity index (χ1n) is 12.9. The molecule has 0 spiro atoms. The molecule has 1 atom stereocenters. The highest BCUT2D eigenvalue weighted by molar-refractivity contribution is 6.09. The monoisotopic (exact) mass is 540 g/mol. The van der Waals surface area contributed by atoms with E-state index in [1.54, 1.807) is 66.7 Å². The Morgan fingerprint density at radius 2 is 1.85 bits per heavy atom. The van der Waals surface area contributed by atoms with E-state index in [2.05, 4.69) is 32.2 Å². The maximum Gasteiger partial charge on any atom is 0.257 e. The van der Waals surface area contributed by atoms with Crippen molar-refractivity contribution in [3.05, 3.63) is 118 Å². The number of hydrogen-bond donors (Lipinski definition) is 2. The van der Waals surface area contributed by atoms with Crippen LogP contribution in [0.3, 0.4) is 0 Å². The fraction of sp³-hybridized carbons (Fsp3) is 0.0938. The molecule has 6 aromatic rings. The van der Waals surface area contributed by atoms with Gasteiger partial charge in [-0.3, -0.25) is 19.3 Å². The molecule has 0 radical (unpaired) electrons. The Hall–Kier alpha value is -5.75. The van der Waals surface area contributed by atoms with Gasteiger partial charge in [0.05, 0.1) is 34.3 Å². The molecule has 3 N–H and O–H groups in total. The van der Waals surface area contributed by atoms with Gasteiger partial charge in [-0.25, -0.2) is 4.98 Å². The van der Waals surface area contributed by atoms with Crippen molar-refractivity contribution in [3.8, 4) is 23.0 Å². The molecular formula is C32H24N6O3. The van der Waals surface area contributed by atoms with Gasteiger partial charge >= 0.3 is 0 Å². The van der Waals surface area contributed by atoms with Gasteiger partial charge < -0.3 is 15.5 Å². The second-order valence-electron chi connectivity index (χ2n) is 9.52. The van der Waals surface area contributed by atoms with Gasteiger partial charge in [0.1, 0.15) is 22.7 Å². The van der Waals surface area contributed by atoms with E-state index in [0.29, 0.717) is 44.3 Å². The van der Waals surface area contributed by atoms with Crippen LogP contribution >= 0.6 is 0 Å². The molecule has 9 heteroatoms. The minimum Gasteiger partial charge on any atom is -0.458 e. The van der Waals surface area contributed by atoms with Crippen molar-refractivity contribution in [2.45, 2.75) is 13.0 Å². The molecule has 41 heavy (non-hydrogen) atoms. The van der Waals surface area contributed by atoms with Crippen LogP contribution in [0.25, 0.3) is 33.0 Å². The third kappa shape index (κ3) is 4.79. The summed E-state index contributed by atoms with van der Waals surface area (Å²) in [6, 6.07) is 17.3. The number of nitrogens with one attached hydrogen (secondary N) is 1. The molecule has 0 fully saturated rings. The number of rotatable bonds is 4. The largest absolute Gasteiger partial charge is 0.458 e. The molecule has 200 valence electrons. The molecule has 9 nitrogen and oxygen atoms in total. The smallest absolute Gasteiger partial charge is 0.257 e. The number of pyridine rings is 2. The highest BCUT2D eigenvalue weighted by atomic mass is 16.3. The number of anilines is 1. The average Bonchev–Trinajstić information content (AvgIpc) is 3.40. The summed E-state index contributed by atoms with van der Waals surface area (Å²) in [6.07, 6.45) is 6.62. The van der Waals surface area contributed by atoms with Crippen LogP contribution in [0.5, 0.6) is 0 Å². The molecular weight excluding hydrogens is 516 g/mol. The summed E-state index contributed by atoms with van der Waals surface area (Å²) in [5.41, 5.74) is 9.05. The molecule has 1 unspecified atom stereocenters. The Morgan fingerprint density at radius 1 is 1.02 bits per heavy atom. The summed E-state index contributed by atoms with van der Waals surface area (Å²) >= 11 is 0. The van der Waals surface area contributed by atoms with Gasteiger partial charge in [-0.15, -0.1) is 0 Å². The maximum atomic E-state index is 14.2. The minimum absolute atomic E-state index is 0.0565. The second-order valence-corrected chi connectivity index (χ2v) is 9.52. The van der Waals surface area contributed by atoms with Crippen molar-refractivity contribution in [1.29, 1.82) is 0 Å². The molecule has 4 heterocycles. The lowest BCUT2D eigenvalue weighted by Crippen LogP contribution is -2.29. The van der Waals surface area contributed by atoms with Crippen molar-refractivity contribution < 1.29 is 9.21 Å². The molecule has 0 bridgehead atoms. The topological polar surface area (TPSA) is 129 Å². The van der Waals surface area contributed by atoms with Gasteiger partial charge in [0.2, 0.25) is 5.43 Å². The molecule has 0 aliphatic heterocycles. The summed E-state index contributed by atoms with van der Waals surface area (Å²) in [6.45, 7) is 1.75. The third-order valence-electron chi connectivity index (χ3n) is 6.70. The number of carbonyl (C=O) groups is 1. The number of aromatic nitrogens is 4. The van der Waals surface area contributed by atoms with Crippen LogP contribution in [-0.4, -0.2) is 25.7 Å². The molecule has 0 aliphatic carbocycles. The van der Waals surface area contributed by atoms with E-state index in [9.17, 15) is 9.59 Å². The molecule has 0 aliphatic rings. The number of nitrogens with zero attached hydrogens (tertiary/aromatic N) is 4. The number of benzene rings is 2. The lowest BCUT2D eigenvalue weighted by molar-refractivity contribution is 0.0937. The van der Waals surface area contributed by atoms with E-state index in [-0.39, 0.29) is 16.8 Å². The lowest BCUT2D eigenvalue weighted by Gasteiger charge is -2.18. The van der Waals surface area contributed by atoms with Crippen molar-refractivity contribution in [2.24, 2.45) is 7.05 Å². The first kappa shape index (κ1) is 25.5. The first-order valence-corrected chi connectivity index (χ1v) is 12.9. The first-order chi connectivity index (χ1) is 19.9. The summed E-state index contributed by atoms with van der Waals surface area (Å²) in [4.78, 5) is 36.2. The second kappa shape index (κ2) is 10.4. The quantitative estimate of drug-likeness (QED) is 0.313. The zero-order valence-corrected chi connectivity index (χ0v) is 22.3. The van der Waals surface area contributed by atoms with Crippen LogP contribution in [-0.2, 0) is 7.05 Å². The number of nitrogen functional groups attached to an aromatic ring is 1. The summed E-state index contributed by atoms with van der Waals surface area (Å²) in [7, 11) is 1.81. The van der Waals surface area contributed by atoms with E-state index >= 15 is 0 Å². The van der Waals surface area contributed by atoms with Gasteiger partial charge in [0, 0.05) is 36.6 Å². The Labute approximate surface area is 234 Å². The number of carbonyl (C=O) groups excluding carboxylic acids is 1. The maximum absolute atomic E-state index is 14.2. The molecule has 2 aromatic carbocycles. The fourth-order valence-electron chi connectivity index (χ4n) is 4.78. The number of hydrogen-bond acceptors (Lipinski definition) is 7. The average molecular weight is 541 g/mol. The van der Waals surface area contributed by atoms with Crippen LogP contribution in [0.15, 0.2) is 94.7 Å². The summed E-state index contributed by atoms with van der Waals surface area (Å²) in [5, 5.41) is 8.13. The van der Waals surface area contributed by atoms with Gasteiger partial charge in [-0.05, 0) is 36.8 Å². The van der Waals surface area contributed by atoms with Crippen LogP contribution < -0.4 is 16.5 Å². The Balaban J connectivity index is 1.48. The predicted octanol–water partition coefficient (Wildman–Crippen LogP) is 4.61. The molecule has 6 rings (SSSR count). The highest BCUT2D eigenvalue weighted by Gasteiger charge is 2.25. The molecule has 1 amide bonds. The third-order valence-corrected chi connectivity index (χ3v) is 6.70. The Kier molecular flexibility index (Phi) is 6.49. The van der Waals surface area contributed by atoms with Crippen LogP contribution in [0, 0.1) is 11.8 Å². The normalized spacial score (nSPS) is 11.7. The van der Waals surface area contributed by atoms with Crippen LogP contribution in [0.4, 0.5) is 5.82 Å². The number of amides is 1. The van der Waals surface area contributed by atoms with Gasteiger partial charge in [0.25, 0.3) is 5.91 Å². The lowest BCUT2D eigenvalue weighted by atomic mass is 9.97. The molecule has 0 saturated carbocycles. The van der Waals surface area contributed by atoms with Crippen LogP contribution in [0.1, 0.15) is 40.2 Å². The SMILES string of the molecule is CC(NC(=O)c1c(N)ncc2cccnc12)c1oc2cccc(C#Cc3cnn(C)c3)c2c(=O)c1-c1ccccc1. The standard InChI is InChI=1S/C32H24N6O3/c1-19(37-32(40)27-28-23(11-7-15-34-28)17-35-31(27)33)30-26(21-8-4-3-5-9-21)29(39)25-22(10-6-12-24(25)41-30)14-13-20-16-36-38(2)18-20/h3-12,15-19H,1-2H3,(H2,33,35)(H,37,40). The molecule has 4 aromatic heterocycles. The van der Waals surface area contributed by atoms with E-state index in [4.69, 9.17) is 10.2 Å². The van der Waals surface area contributed by atoms with Crippen molar-refractivity contribution in [2.75, 3.05) is 5.73 Å². The predicted molar refractivity (Wildman–Crippen MR) is 157 cm³/mol.